The Balaban J connectivity index is 1.35. The third kappa shape index (κ3) is 3.81. The molecule has 1 N–H and O–H groups in total. The van der Waals surface area contributed by atoms with Gasteiger partial charge in [0.1, 0.15) is 5.82 Å². The lowest BCUT2D eigenvalue weighted by atomic mass is 9.95. The first-order valence-corrected chi connectivity index (χ1v) is 8.82. The van der Waals surface area contributed by atoms with Crippen LogP contribution in [0.3, 0.4) is 0 Å². The van der Waals surface area contributed by atoms with E-state index in [0.717, 1.165) is 31.5 Å². The zero-order valence-corrected chi connectivity index (χ0v) is 13.9. The number of nitrogens with one attached hydrogen (secondary N) is 1. The second-order valence-corrected chi connectivity index (χ2v) is 6.89. The minimum absolute atomic E-state index is 0.209. The number of hydrogen-bond donors (Lipinski definition) is 1. The maximum atomic E-state index is 13.7. The van der Waals surface area contributed by atoms with Crippen LogP contribution in [-0.4, -0.2) is 34.2 Å². The lowest BCUT2D eigenvalue weighted by molar-refractivity contribution is 0.173. The van der Waals surface area contributed by atoms with Crippen molar-refractivity contribution in [2.45, 2.75) is 38.0 Å². The van der Waals surface area contributed by atoms with Gasteiger partial charge in [-0.15, -0.1) is 0 Å². The molecule has 2 heterocycles. The molecule has 2 amide bonds. The van der Waals surface area contributed by atoms with Gasteiger partial charge in [0.2, 0.25) is 5.89 Å². The van der Waals surface area contributed by atoms with Gasteiger partial charge in [-0.2, -0.15) is 4.98 Å². The summed E-state index contributed by atoms with van der Waals surface area (Å²) in [6.07, 6.45) is 4.91. The minimum atomic E-state index is -0.428. The molecule has 0 radical (unpaired) electrons. The molecule has 0 bridgehead atoms. The molecule has 2 aliphatic rings. The number of urea groups is 1. The number of piperidine rings is 1. The summed E-state index contributed by atoms with van der Waals surface area (Å²) in [7, 11) is 0. The van der Waals surface area contributed by atoms with Crippen LogP contribution in [-0.2, 0) is 6.42 Å². The molecule has 1 aromatic carbocycles. The Labute approximate surface area is 145 Å². The normalized spacial score (nSPS) is 20.5. The standard InChI is InChI=1S/C18H21FN4O2/c19-14-5-1-2-6-15(14)20-18(24)23-9-3-4-12(11-23)10-16-21-17(22-25-16)13-7-8-13/h1-2,5-6,12-13H,3-4,7-11H2,(H,20,24)/t12-/m0/s1. The van der Waals surface area contributed by atoms with E-state index in [1.54, 1.807) is 23.1 Å². The Hall–Kier alpha value is -2.44. The first-order chi connectivity index (χ1) is 12.2. The van der Waals surface area contributed by atoms with Crippen LogP contribution in [0.15, 0.2) is 28.8 Å². The fourth-order valence-electron chi connectivity index (χ4n) is 3.28. The number of rotatable bonds is 4. The Bertz CT molecular complexity index is 759. The Morgan fingerprint density at radius 2 is 2.16 bits per heavy atom. The van der Waals surface area contributed by atoms with Gasteiger partial charge in [0.25, 0.3) is 0 Å². The fourth-order valence-corrected chi connectivity index (χ4v) is 3.28. The summed E-state index contributed by atoms with van der Waals surface area (Å²) >= 11 is 0. The van der Waals surface area contributed by atoms with Crippen LogP contribution >= 0.6 is 0 Å². The molecule has 132 valence electrons. The highest BCUT2D eigenvalue weighted by atomic mass is 19.1. The van der Waals surface area contributed by atoms with E-state index in [-0.39, 0.29) is 17.6 Å². The van der Waals surface area contributed by atoms with Crippen LogP contribution in [0.25, 0.3) is 0 Å². The predicted molar refractivity (Wildman–Crippen MR) is 89.7 cm³/mol. The average Bonchev–Trinajstić information content (AvgIpc) is 3.37. The van der Waals surface area contributed by atoms with Crippen molar-refractivity contribution in [1.82, 2.24) is 15.0 Å². The van der Waals surface area contributed by atoms with Gasteiger partial charge in [-0.25, -0.2) is 9.18 Å². The number of para-hydroxylation sites is 1. The van der Waals surface area contributed by atoms with Gasteiger partial charge in [-0.3, -0.25) is 0 Å². The van der Waals surface area contributed by atoms with E-state index in [2.05, 4.69) is 15.5 Å². The fraction of sp³-hybridized carbons (Fsp3) is 0.500. The number of hydrogen-bond acceptors (Lipinski definition) is 4. The third-order valence-corrected chi connectivity index (χ3v) is 4.81. The van der Waals surface area contributed by atoms with Gasteiger partial charge in [0.15, 0.2) is 5.82 Å². The lowest BCUT2D eigenvalue weighted by Crippen LogP contribution is -2.43. The van der Waals surface area contributed by atoms with Crippen molar-refractivity contribution in [2.75, 3.05) is 18.4 Å². The monoisotopic (exact) mass is 344 g/mol. The van der Waals surface area contributed by atoms with Gasteiger partial charge in [0.05, 0.1) is 5.69 Å². The first kappa shape index (κ1) is 16.1. The van der Waals surface area contributed by atoms with E-state index >= 15 is 0 Å². The topological polar surface area (TPSA) is 71.3 Å². The van der Waals surface area contributed by atoms with E-state index < -0.39 is 5.82 Å². The molecule has 4 rings (SSSR count). The molecule has 1 atom stereocenters. The molecule has 1 aromatic heterocycles. The van der Waals surface area contributed by atoms with Crippen molar-refractivity contribution in [2.24, 2.45) is 5.92 Å². The zero-order valence-electron chi connectivity index (χ0n) is 13.9. The van der Waals surface area contributed by atoms with Gasteiger partial charge in [0, 0.05) is 25.4 Å². The summed E-state index contributed by atoms with van der Waals surface area (Å²) in [5, 5.41) is 6.69. The molecule has 1 aliphatic heterocycles. The second-order valence-electron chi connectivity index (χ2n) is 6.89. The summed E-state index contributed by atoms with van der Waals surface area (Å²) < 4.78 is 19.0. The number of amides is 2. The Morgan fingerprint density at radius 1 is 1.32 bits per heavy atom. The van der Waals surface area contributed by atoms with E-state index in [1.807, 2.05) is 0 Å². The molecule has 7 heteroatoms. The minimum Gasteiger partial charge on any atom is -0.339 e. The molecular weight excluding hydrogens is 323 g/mol. The van der Waals surface area contributed by atoms with Crippen molar-refractivity contribution in [3.8, 4) is 0 Å². The van der Waals surface area contributed by atoms with Crippen molar-refractivity contribution >= 4 is 11.7 Å². The predicted octanol–water partition coefficient (Wildman–Crippen LogP) is 3.57. The van der Waals surface area contributed by atoms with Crippen LogP contribution < -0.4 is 5.32 Å². The summed E-state index contributed by atoms with van der Waals surface area (Å²) in [5.41, 5.74) is 0.209. The van der Waals surface area contributed by atoms with Crippen LogP contribution in [0.5, 0.6) is 0 Å². The third-order valence-electron chi connectivity index (χ3n) is 4.81. The number of carbonyl (C=O) groups excluding carboxylic acids is 1. The molecule has 6 nitrogen and oxygen atoms in total. The maximum Gasteiger partial charge on any atom is 0.321 e. The van der Waals surface area contributed by atoms with E-state index in [9.17, 15) is 9.18 Å². The number of anilines is 1. The lowest BCUT2D eigenvalue weighted by Gasteiger charge is -2.32. The van der Waals surface area contributed by atoms with Crippen molar-refractivity contribution in [3.05, 3.63) is 41.8 Å². The Kier molecular flexibility index (Phi) is 4.38. The van der Waals surface area contributed by atoms with E-state index in [1.165, 1.54) is 6.07 Å². The molecule has 2 fully saturated rings. The quantitative estimate of drug-likeness (QED) is 0.920. The summed E-state index contributed by atoms with van der Waals surface area (Å²) in [5.74, 6) is 1.81. The molecule has 1 aliphatic carbocycles. The summed E-state index contributed by atoms with van der Waals surface area (Å²) in [4.78, 5) is 18.6. The number of benzene rings is 1. The summed E-state index contributed by atoms with van der Waals surface area (Å²) in [6.45, 7) is 1.29. The zero-order chi connectivity index (χ0) is 17.2. The largest absolute Gasteiger partial charge is 0.339 e. The highest BCUT2D eigenvalue weighted by Crippen LogP contribution is 2.38. The summed E-state index contributed by atoms with van der Waals surface area (Å²) in [6, 6.07) is 5.93. The number of carbonyl (C=O) groups is 1. The number of likely N-dealkylation sites (tertiary alicyclic amines) is 1. The van der Waals surface area contributed by atoms with Crippen LogP contribution in [0.2, 0.25) is 0 Å². The van der Waals surface area contributed by atoms with Gasteiger partial charge in [-0.05, 0) is 43.7 Å². The smallest absolute Gasteiger partial charge is 0.321 e. The van der Waals surface area contributed by atoms with Gasteiger partial charge < -0.3 is 14.7 Å². The maximum absolute atomic E-state index is 13.7. The van der Waals surface area contributed by atoms with Crippen LogP contribution in [0.4, 0.5) is 14.9 Å². The highest BCUT2D eigenvalue weighted by molar-refractivity contribution is 5.89. The first-order valence-electron chi connectivity index (χ1n) is 8.82. The highest BCUT2D eigenvalue weighted by Gasteiger charge is 2.30. The van der Waals surface area contributed by atoms with Crippen molar-refractivity contribution < 1.29 is 13.7 Å². The molecule has 2 aromatic rings. The van der Waals surface area contributed by atoms with Crippen molar-refractivity contribution in [1.29, 1.82) is 0 Å². The number of halogens is 1. The van der Waals surface area contributed by atoms with Crippen LogP contribution in [0, 0.1) is 11.7 Å². The molecule has 0 unspecified atom stereocenters. The molecule has 1 saturated carbocycles. The second kappa shape index (κ2) is 6.82. The SMILES string of the molecule is O=C(Nc1ccccc1F)N1CCC[C@@H](Cc2nc(C3CC3)no2)C1. The van der Waals surface area contributed by atoms with Gasteiger partial charge in [-0.1, -0.05) is 17.3 Å². The molecule has 0 spiro atoms. The van der Waals surface area contributed by atoms with Crippen molar-refractivity contribution in [3.63, 3.8) is 0 Å². The molecule has 1 saturated heterocycles. The van der Waals surface area contributed by atoms with E-state index in [4.69, 9.17) is 4.52 Å². The average molecular weight is 344 g/mol. The number of aromatic nitrogens is 2. The van der Waals surface area contributed by atoms with Crippen LogP contribution in [0.1, 0.15) is 43.3 Å². The molecular formula is C18H21FN4O2. The molecule has 25 heavy (non-hydrogen) atoms. The Morgan fingerprint density at radius 3 is 2.96 bits per heavy atom. The van der Waals surface area contributed by atoms with Gasteiger partial charge >= 0.3 is 6.03 Å². The number of nitrogens with zero attached hydrogens (tertiary/aromatic N) is 3. The van der Waals surface area contributed by atoms with E-state index in [0.29, 0.717) is 31.3 Å².